The predicted octanol–water partition coefficient (Wildman–Crippen LogP) is 17.2. The van der Waals surface area contributed by atoms with E-state index in [4.69, 9.17) is 4.98 Å². The van der Waals surface area contributed by atoms with Crippen molar-refractivity contribution in [2.45, 2.75) is 79.1 Å². The Hall–Kier alpha value is -6.76. The van der Waals surface area contributed by atoms with Gasteiger partial charge in [0, 0.05) is 66.7 Å². The zero-order valence-corrected chi connectivity index (χ0v) is 42.9. The molecular weight excluding hydrogens is 1020 g/mol. The molecule has 5 nitrogen and oxygen atoms in total. The molecule has 1 radical (unpaired) electrons. The number of nitrogens with zero attached hydrogens (tertiary/aromatic N) is 5. The molecule has 0 saturated carbocycles. The fourth-order valence-electron chi connectivity index (χ4n) is 10.7. The van der Waals surface area contributed by atoms with Crippen molar-refractivity contribution in [3.05, 3.63) is 211 Å². The van der Waals surface area contributed by atoms with E-state index >= 15 is 0 Å². The van der Waals surface area contributed by atoms with Crippen LogP contribution in [0.15, 0.2) is 182 Å². The van der Waals surface area contributed by atoms with Crippen LogP contribution in [0.3, 0.4) is 0 Å². The molecule has 0 unspecified atom stereocenters. The minimum atomic E-state index is 0. The molecule has 0 aliphatic carbocycles. The summed E-state index contributed by atoms with van der Waals surface area (Å²) >= 11 is 0. The number of aromatic nitrogens is 3. The first kappa shape index (κ1) is 46.0. The quantitative estimate of drug-likeness (QED) is 0.112. The van der Waals surface area contributed by atoms with Gasteiger partial charge < -0.3 is 23.9 Å². The monoisotopic (exact) mass is 1080 g/mol. The number of benzene rings is 8. The van der Waals surface area contributed by atoms with E-state index in [0.29, 0.717) is 23.7 Å². The van der Waals surface area contributed by atoms with Crippen LogP contribution in [0.4, 0.5) is 11.4 Å². The summed E-state index contributed by atoms with van der Waals surface area (Å²) in [7, 11) is 0. The van der Waals surface area contributed by atoms with E-state index in [1.54, 1.807) is 0 Å². The summed E-state index contributed by atoms with van der Waals surface area (Å²) in [6.45, 7) is 20.5. The fraction of sp³-hybridized carbons (Fsp3) is 0.190. The van der Waals surface area contributed by atoms with E-state index < -0.39 is 0 Å². The summed E-state index contributed by atoms with van der Waals surface area (Å²) in [4.78, 5) is 9.64. The Balaban J connectivity index is 0.000000166. The Kier molecular flexibility index (Phi) is 12.4. The van der Waals surface area contributed by atoms with Crippen molar-refractivity contribution >= 4 is 76.8 Å². The van der Waals surface area contributed by atoms with E-state index in [1.165, 1.54) is 88.0 Å². The zero-order valence-electron chi connectivity index (χ0n) is 40.7. The fourth-order valence-corrected chi connectivity index (χ4v) is 10.7. The Bertz CT molecular complexity index is 3310. The first-order valence-electron chi connectivity index (χ1n) is 24.4. The predicted molar refractivity (Wildman–Crippen MR) is 291 cm³/mol. The molecule has 0 atom stereocenters. The SMILES string of the molecule is CC(C)c1cccc(C(C)C)c1N1C=CN(c2c(C(C)C)cccc2C(C)C)[CH-]1.[Au].c1ccc2c(c1)c1ccccc1n2-c1ccc2[n-]c3ccc(-n4c5ccccc5c5ccccc54)cc3c2c1. The van der Waals surface area contributed by atoms with Crippen molar-refractivity contribution in [2.24, 2.45) is 0 Å². The second-order valence-corrected chi connectivity index (χ2v) is 19.7. The molecule has 8 aromatic carbocycles. The third-order valence-electron chi connectivity index (χ3n) is 14.0. The maximum Gasteiger partial charge on any atom is 0.0541 e. The molecule has 6 heteroatoms. The topological polar surface area (TPSA) is 30.4 Å². The first-order chi connectivity index (χ1) is 33.1. The van der Waals surface area contributed by atoms with Gasteiger partial charge in [-0.25, -0.2) is 0 Å². The van der Waals surface area contributed by atoms with Crippen molar-refractivity contribution in [3.63, 3.8) is 0 Å². The largest absolute Gasteiger partial charge is 0.657 e. The second-order valence-electron chi connectivity index (χ2n) is 19.7. The summed E-state index contributed by atoms with van der Waals surface area (Å²) in [5.41, 5.74) is 17.5. The second kappa shape index (κ2) is 18.6. The molecule has 0 N–H and O–H groups in total. The van der Waals surface area contributed by atoms with Gasteiger partial charge in [0.15, 0.2) is 0 Å². The molecule has 349 valence electrons. The van der Waals surface area contributed by atoms with Gasteiger partial charge in [0.1, 0.15) is 0 Å². The third kappa shape index (κ3) is 7.97. The van der Waals surface area contributed by atoms with Gasteiger partial charge in [-0.15, -0.1) is 17.7 Å². The normalized spacial score (nSPS) is 12.9. The van der Waals surface area contributed by atoms with E-state index in [2.05, 4.69) is 263 Å². The van der Waals surface area contributed by atoms with Gasteiger partial charge >= 0.3 is 0 Å². The minimum absolute atomic E-state index is 0. The molecule has 4 heterocycles. The number of rotatable bonds is 8. The smallest absolute Gasteiger partial charge is 0.0541 e. The Labute approximate surface area is 422 Å². The van der Waals surface area contributed by atoms with E-state index in [1.807, 2.05) is 0 Å². The van der Waals surface area contributed by atoms with E-state index in [0.717, 1.165) is 22.4 Å². The average molecular weight is 1080 g/mol. The Morgan fingerprint density at radius 2 is 0.652 bits per heavy atom. The summed E-state index contributed by atoms with van der Waals surface area (Å²) < 4.78 is 4.75. The van der Waals surface area contributed by atoms with Crippen LogP contribution in [0.25, 0.3) is 76.8 Å². The Morgan fingerprint density at radius 1 is 0.348 bits per heavy atom. The molecule has 11 aromatic rings. The van der Waals surface area contributed by atoms with Crippen LogP contribution in [0.5, 0.6) is 0 Å². The molecule has 0 spiro atoms. The van der Waals surface area contributed by atoms with Gasteiger partial charge in [0.25, 0.3) is 0 Å². The van der Waals surface area contributed by atoms with Crippen LogP contribution in [-0.4, -0.2) is 9.13 Å². The number of anilines is 2. The molecule has 69 heavy (non-hydrogen) atoms. The molecule has 12 rings (SSSR count). The van der Waals surface area contributed by atoms with Gasteiger partial charge in [-0.3, -0.25) is 0 Å². The standard InChI is InChI=1S/C36H22N3.C27H37N2.Au/c1-5-13-33-25(9-1)26-10-2-6-14-34(26)38(33)23-17-19-31-29(21-23)30-22-24(18-20-32(30)37-31)39-35-15-7-3-11-27(35)28-12-4-8-16-36(28)39;1-18(2)22-11-9-12-23(19(3)4)26(22)28-15-16-29(17-28)27-24(20(5)6)13-10-14-25(27)21(7)8;/h1-22H;9-21H,1-8H3;/q2*-1;. The van der Waals surface area contributed by atoms with E-state index in [9.17, 15) is 0 Å². The number of hydrogen-bond donors (Lipinski definition) is 0. The Morgan fingerprint density at radius 3 is 0.957 bits per heavy atom. The van der Waals surface area contributed by atoms with Crippen LogP contribution in [0, 0.1) is 6.67 Å². The number of fused-ring (bicyclic) bond motifs is 9. The molecular formula is C63H59AuN5-2. The van der Waals surface area contributed by atoms with Crippen molar-refractivity contribution in [1.29, 1.82) is 0 Å². The maximum atomic E-state index is 4.99. The molecule has 1 aliphatic heterocycles. The van der Waals surface area contributed by atoms with Gasteiger partial charge in [0.2, 0.25) is 0 Å². The van der Waals surface area contributed by atoms with Gasteiger partial charge in [-0.2, -0.15) is 0 Å². The average Bonchev–Trinajstić information content (AvgIpc) is 4.14. The van der Waals surface area contributed by atoms with Crippen molar-refractivity contribution < 1.29 is 22.4 Å². The van der Waals surface area contributed by atoms with Crippen LogP contribution >= 0.6 is 0 Å². The van der Waals surface area contributed by atoms with Crippen LogP contribution < -0.4 is 14.8 Å². The molecule has 0 fully saturated rings. The van der Waals surface area contributed by atoms with Crippen LogP contribution in [0.1, 0.15) is 101 Å². The maximum absolute atomic E-state index is 4.99. The van der Waals surface area contributed by atoms with Gasteiger partial charge in [-0.1, -0.05) is 177 Å². The number of para-hydroxylation sites is 6. The van der Waals surface area contributed by atoms with Crippen LogP contribution in [-0.2, 0) is 22.4 Å². The van der Waals surface area contributed by atoms with E-state index in [-0.39, 0.29) is 22.4 Å². The third-order valence-corrected chi connectivity index (χ3v) is 14.0. The van der Waals surface area contributed by atoms with Crippen molar-refractivity contribution in [3.8, 4) is 11.4 Å². The summed E-state index contributed by atoms with van der Waals surface area (Å²) in [5, 5.41) is 7.43. The van der Waals surface area contributed by atoms with Gasteiger partial charge in [-0.05, 0) is 118 Å². The summed E-state index contributed by atoms with van der Waals surface area (Å²) in [5.74, 6) is 1.92. The van der Waals surface area contributed by atoms with Crippen molar-refractivity contribution in [1.82, 2.24) is 14.1 Å². The van der Waals surface area contributed by atoms with Crippen LogP contribution in [0.2, 0.25) is 0 Å². The molecule has 3 aromatic heterocycles. The minimum Gasteiger partial charge on any atom is -0.657 e. The molecule has 0 saturated heterocycles. The first-order valence-corrected chi connectivity index (χ1v) is 24.4. The summed E-state index contributed by atoms with van der Waals surface area (Å²) in [6.07, 6.45) is 4.43. The number of hydrogen-bond acceptors (Lipinski definition) is 2. The van der Waals surface area contributed by atoms with Crippen molar-refractivity contribution in [2.75, 3.05) is 9.80 Å². The van der Waals surface area contributed by atoms with Gasteiger partial charge in [0.05, 0.1) is 22.1 Å². The molecule has 0 amide bonds. The zero-order chi connectivity index (χ0) is 46.8. The summed E-state index contributed by atoms with van der Waals surface area (Å²) in [6, 6.07) is 61.5. The molecule has 0 bridgehead atoms. The molecule has 1 aliphatic rings.